The summed E-state index contributed by atoms with van der Waals surface area (Å²) in [6, 6.07) is 7.04. The molecule has 0 unspecified atom stereocenters. The number of benzene rings is 1. The zero-order chi connectivity index (χ0) is 15.4. The molecule has 0 saturated heterocycles. The minimum Gasteiger partial charge on any atom is -0.478 e. The van der Waals surface area contributed by atoms with Crippen LogP contribution in [0.2, 0.25) is 0 Å². The summed E-state index contributed by atoms with van der Waals surface area (Å²) < 4.78 is 5.30. The molecule has 0 aliphatic rings. The summed E-state index contributed by atoms with van der Waals surface area (Å²) in [4.78, 5) is 26.3. The Morgan fingerprint density at radius 3 is 2.62 bits per heavy atom. The predicted octanol–water partition coefficient (Wildman–Crippen LogP) is 2.32. The molecule has 2 N–H and O–H groups in total. The first-order chi connectivity index (χ1) is 9.97. The van der Waals surface area contributed by atoms with Crippen LogP contribution in [0.4, 0.5) is 5.69 Å². The van der Waals surface area contributed by atoms with Gasteiger partial charge in [0.25, 0.3) is 5.91 Å². The highest BCUT2D eigenvalue weighted by molar-refractivity contribution is 5.92. The average molecular weight is 286 g/mol. The van der Waals surface area contributed by atoms with Gasteiger partial charge in [-0.05, 0) is 44.0 Å². The van der Waals surface area contributed by atoms with E-state index in [1.165, 1.54) is 6.07 Å². The molecule has 0 aliphatic carbocycles. The van der Waals surface area contributed by atoms with E-state index in [4.69, 9.17) is 4.74 Å². The van der Waals surface area contributed by atoms with Gasteiger partial charge in [0.1, 0.15) is 0 Å². The van der Waals surface area contributed by atoms with Gasteiger partial charge < -0.3 is 15.0 Å². The largest absolute Gasteiger partial charge is 0.478 e. The van der Waals surface area contributed by atoms with Crippen molar-refractivity contribution in [2.75, 3.05) is 11.9 Å². The van der Waals surface area contributed by atoms with Gasteiger partial charge in [0, 0.05) is 18.0 Å². The Labute approximate surface area is 123 Å². The molecule has 0 radical (unpaired) electrons. The summed E-state index contributed by atoms with van der Waals surface area (Å²) in [7, 11) is 0. The summed E-state index contributed by atoms with van der Waals surface area (Å²) in [5.41, 5.74) is 3.33. The highest BCUT2D eigenvalue weighted by Crippen LogP contribution is 2.14. The molecule has 0 saturated carbocycles. The number of carbonyl (C=O) groups is 1. The van der Waals surface area contributed by atoms with Gasteiger partial charge in [-0.25, -0.2) is 0 Å². The Hall–Kier alpha value is -2.56. The third-order valence-electron chi connectivity index (χ3n) is 3.24. The molecule has 5 nitrogen and oxygen atoms in total. The highest BCUT2D eigenvalue weighted by Gasteiger charge is 2.08. The van der Waals surface area contributed by atoms with Crippen molar-refractivity contribution in [3.8, 4) is 5.75 Å². The summed E-state index contributed by atoms with van der Waals surface area (Å²) in [6.07, 6.45) is 1.54. The maximum absolute atomic E-state index is 11.9. The smallest absolute Gasteiger partial charge is 0.262 e. The highest BCUT2D eigenvalue weighted by atomic mass is 16.5. The van der Waals surface area contributed by atoms with E-state index in [1.54, 1.807) is 13.1 Å². The number of hydrogen-bond donors (Lipinski definition) is 2. The van der Waals surface area contributed by atoms with Gasteiger partial charge in [-0.3, -0.25) is 9.59 Å². The van der Waals surface area contributed by atoms with Crippen LogP contribution in [0.15, 0.2) is 35.3 Å². The Kier molecular flexibility index (Phi) is 4.42. The zero-order valence-corrected chi connectivity index (χ0v) is 12.3. The molecule has 0 atom stereocenters. The summed E-state index contributed by atoms with van der Waals surface area (Å²) in [6.45, 7) is 5.50. The third kappa shape index (κ3) is 3.72. The second kappa shape index (κ2) is 6.26. The number of rotatable bonds is 4. The Morgan fingerprint density at radius 2 is 1.95 bits per heavy atom. The molecule has 1 aromatic carbocycles. The molecule has 1 amide bonds. The molecule has 0 bridgehead atoms. The first-order valence-corrected chi connectivity index (χ1v) is 6.65. The van der Waals surface area contributed by atoms with Crippen LogP contribution in [-0.2, 0) is 4.79 Å². The zero-order valence-electron chi connectivity index (χ0n) is 12.3. The number of anilines is 1. The molecule has 1 heterocycles. The molecule has 21 heavy (non-hydrogen) atoms. The predicted molar refractivity (Wildman–Crippen MR) is 81.8 cm³/mol. The Bertz CT molecular complexity index is 720. The average Bonchev–Trinajstić information content (AvgIpc) is 2.42. The lowest BCUT2D eigenvalue weighted by Crippen LogP contribution is -2.22. The number of carbonyl (C=O) groups excluding carboxylic acids is 1. The van der Waals surface area contributed by atoms with Gasteiger partial charge in [0.15, 0.2) is 12.4 Å². The van der Waals surface area contributed by atoms with Crippen molar-refractivity contribution in [1.82, 2.24) is 4.98 Å². The van der Waals surface area contributed by atoms with Crippen LogP contribution in [0.25, 0.3) is 0 Å². The molecular formula is C16H18N2O3. The minimum atomic E-state index is -0.305. The molecule has 0 aliphatic heterocycles. The molecule has 1 aromatic heterocycles. The van der Waals surface area contributed by atoms with Crippen LogP contribution in [0.3, 0.4) is 0 Å². The first kappa shape index (κ1) is 14.8. The maximum Gasteiger partial charge on any atom is 0.262 e. The SMILES string of the molecule is Cc1ccc(NC(=O)COc2c(C)[nH]ccc2=O)cc1C. The Morgan fingerprint density at radius 1 is 1.19 bits per heavy atom. The Balaban J connectivity index is 1.99. The van der Waals surface area contributed by atoms with Gasteiger partial charge >= 0.3 is 0 Å². The van der Waals surface area contributed by atoms with Crippen molar-refractivity contribution in [3.05, 3.63) is 57.5 Å². The number of hydrogen-bond acceptors (Lipinski definition) is 3. The van der Waals surface area contributed by atoms with Crippen LogP contribution in [-0.4, -0.2) is 17.5 Å². The lowest BCUT2D eigenvalue weighted by Gasteiger charge is -2.09. The quantitative estimate of drug-likeness (QED) is 0.906. The van der Waals surface area contributed by atoms with E-state index in [1.807, 2.05) is 32.0 Å². The van der Waals surface area contributed by atoms with Crippen molar-refractivity contribution in [3.63, 3.8) is 0 Å². The fraction of sp³-hybridized carbons (Fsp3) is 0.250. The van der Waals surface area contributed by atoms with Crippen LogP contribution < -0.4 is 15.5 Å². The third-order valence-corrected chi connectivity index (χ3v) is 3.24. The van der Waals surface area contributed by atoms with Gasteiger partial charge in [-0.15, -0.1) is 0 Å². The fourth-order valence-corrected chi connectivity index (χ4v) is 1.90. The fourth-order valence-electron chi connectivity index (χ4n) is 1.90. The van der Waals surface area contributed by atoms with Crippen molar-refractivity contribution in [2.45, 2.75) is 20.8 Å². The summed E-state index contributed by atoms with van der Waals surface area (Å²) in [5.74, 6) is -0.131. The van der Waals surface area contributed by atoms with E-state index in [9.17, 15) is 9.59 Å². The normalized spacial score (nSPS) is 10.2. The number of nitrogens with one attached hydrogen (secondary N) is 2. The van der Waals surface area contributed by atoms with Crippen molar-refractivity contribution in [1.29, 1.82) is 0 Å². The number of amides is 1. The molecule has 0 fully saturated rings. The van der Waals surface area contributed by atoms with E-state index in [2.05, 4.69) is 10.3 Å². The monoisotopic (exact) mass is 286 g/mol. The number of aryl methyl sites for hydroxylation is 3. The summed E-state index contributed by atoms with van der Waals surface area (Å²) in [5, 5.41) is 2.74. The van der Waals surface area contributed by atoms with Gasteiger partial charge in [0.05, 0.1) is 5.69 Å². The number of ether oxygens (including phenoxy) is 1. The molecule has 0 spiro atoms. The number of aromatic nitrogens is 1. The molecule has 2 aromatic rings. The van der Waals surface area contributed by atoms with E-state index in [0.29, 0.717) is 11.4 Å². The topological polar surface area (TPSA) is 71.2 Å². The first-order valence-electron chi connectivity index (χ1n) is 6.65. The molecule has 5 heteroatoms. The second-order valence-electron chi connectivity index (χ2n) is 4.93. The van der Waals surface area contributed by atoms with Crippen LogP contribution in [0.5, 0.6) is 5.75 Å². The van der Waals surface area contributed by atoms with Gasteiger partial charge in [-0.1, -0.05) is 6.07 Å². The summed E-state index contributed by atoms with van der Waals surface area (Å²) >= 11 is 0. The minimum absolute atomic E-state index is 0.174. The number of pyridine rings is 1. The van der Waals surface area contributed by atoms with E-state index < -0.39 is 0 Å². The van der Waals surface area contributed by atoms with E-state index >= 15 is 0 Å². The molecule has 110 valence electrons. The lowest BCUT2D eigenvalue weighted by molar-refractivity contribution is -0.118. The van der Waals surface area contributed by atoms with Gasteiger partial charge in [0.2, 0.25) is 5.43 Å². The van der Waals surface area contributed by atoms with Crippen LogP contribution in [0.1, 0.15) is 16.8 Å². The van der Waals surface area contributed by atoms with Crippen molar-refractivity contribution < 1.29 is 9.53 Å². The van der Waals surface area contributed by atoms with E-state index in [0.717, 1.165) is 11.1 Å². The maximum atomic E-state index is 11.9. The molecular weight excluding hydrogens is 268 g/mol. The number of aromatic amines is 1. The van der Waals surface area contributed by atoms with Crippen molar-refractivity contribution >= 4 is 11.6 Å². The second-order valence-corrected chi connectivity index (χ2v) is 4.93. The molecule has 2 rings (SSSR count). The van der Waals surface area contributed by atoms with Crippen LogP contribution >= 0.6 is 0 Å². The van der Waals surface area contributed by atoms with Crippen molar-refractivity contribution in [2.24, 2.45) is 0 Å². The van der Waals surface area contributed by atoms with Crippen LogP contribution in [0, 0.1) is 20.8 Å². The lowest BCUT2D eigenvalue weighted by atomic mass is 10.1. The van der Waals surface area contributed by atoms with Gasteiger partial charge in [-0.2, -0.15) is 0 Å². The number of H-pyrrole nitrogens is 1. The van der Waals surface area contributed by atoms with E-state index in [-0.39, 0.29) is 23.7 Å². The standard InChI is InChI=1S/C16H18N2O3/c1-10-4-5-13(8-11(10)2)18-15(20)9-21-16-12(3)17-7-6-14(16)19/h4-8H,9H2,1-3H3,(H,17,19)(H,18,20).